The van der Waals surface area contributed by atoms with E-state index in [1.807, 2.05) is 67.6 Å². The normalized spacial score (nSPS) is 15.9. The van der Waals surface area contributed by atoms with Crippen LogP contribution in [0.4, 0.5) is 11.4 Å². The van der Waals surface area contributed by atoms with Crippen molar-refractivity contribution in [3.05, 3.63) is 102 Å². The van der Waals surface area contributed by atoms with Gasteiger partial charge in [-0.1, -0.05) is 60.7 Å². The number of para-hydroxylation sites is 1. The fourth-order valence-electron chi connectivity index (χ4n) is 3.67. The number of hydrogen-bond donors (Lipinski definition) is 0. The fourth-order valence-corrected chi connectivity index (χ4v) is 3.67. The number of hydrogen-bond acceptors (Lipinski definition) is 4. The molecule has 0 N–H and O–H groups in total. The Hall–Kier alpha value is -3.86. The Bertz CT molecular complexity index is 1110. The second kappa shape index (κ2) is 9.96. The number of rotatable bonds is 7. The zero-order valence-electron chi connectivity index (χ0n) is 18.4. The second-order valence-corrected chi connectivity index (χ2v) is 7.42. The lowest BCUT2D eigenvalue weighted by molar-refractivity contribution is -0.122. The van der Waals surface area contributed by atoms with E-state index >= 15 is 0 Å². The van der Waals surface area contributed by atoms with Gasteiger partial charge in [0.15, 0.2) is 5.76 Å². The summed E-state index contributed by atoms with van der Waals surface area (Å²) in [5.41, 5.74) is 4.22. The van der Waals surface area contributed by atoms with E-state index in [-0.39, 0.29) is 5.91 Å². The quantitative estimate of drug-likeness (QED) is 0.462. The summed E-state index contributed by atoms with van der Waals surface area (Å²) in [5.74, 6) is 0.129. The van der Waals surface area contributed by atoms with Gasteiger partial charge in [0.1, 0.15) is 0 Å². The molecule has 1 saturated heterocycles. The number of anilines is 2. The molecule has 3 aromatic rings. The highest BCUT2D eigenvalue weighted by Gasteiger charge is 2.33. The predicted molar refractivity (Wildman–Crippen MR) is 130 cm³/mol. The molecule has 0 saturated carbocycles. The van der Waals surface area contributed by atoms with Crippen molar-refractivity contribution in [1.29, 1.82) is 0 Å². The van der Waals surface area contributed by atoms with E-state index in [9.17, 15) is 4.79 Å². The number of likely N-dealkylation sites (N-methyl/N-ethyl adjacent to an activating group) is 1. The summed E-state index contributed by atoms with van der Waals surface area (Å²) >= 11 is 0. The van der Waals surface area contributed by atoms with E-state index in [1.54, 1.807) is 11.0 Å². The second-order valence-electron chi connectivity index (χ2n) is 7.42. The summed E-state index contributed by atoms with van der Waals surface area (Å²) in [6.45, 7) is 5.88. The third-order valence-corrected chi connectivity index (χ3v) is 5.33. The van der Waals surface area contributed by atoms with Crippen LogP contribution >= 0.6 is 0 Å². The molecular formula is C27H27N3O2. The van der Waals surface area contributed by atoms with Gasteiger partial charge in [-0.3, -0.25) is 9.69 Å². The van der Waals surface area contributed by atoms with Gasteiger partial charge in [-0.15, -0.1) is 0 Å². The summed E-state index contributed by atoms with van der Waals surface area (Å²) in [6, 6.07) is 28.7. The van der Waals surface area contributed by atoms with Gasteiger partial charge in [0.25, 0.3) is 5.91 Å². The average molecular weight is 426 g/mol. The zero-order valence-corrected chi connectivity index (χ0v) is 18.4. The number of amides is 1. The van der Waals surface area contributed by atoms with E-state index in [1.165, 1.54) is 0 Å². The smallest absolute Gasteiger partial charge is 0.300 e. The molecule has 5 heteroatoms. The van der Waals surface area contributed by atoms with Crippen molar-refractivity contribution in [3.63, 3.8) is 0 Å². The van der Waals surface area contributed by atoms with E-state index in [0.717, 1.165) is 29.0 Å². The first-order valence-corrected chi connectivity index (χ1v) is 10.9. The standard InChI is InChI=1S/C27H27N3O2/c1-3-29(23-13-9-6-10-14-23)24-17-15-21(16-18-24)19-25-26(31)30(4-2)27(32-25)28-20-22-11-7-5-8-12-22/h5-19H,3-4,20H2,1-2H3. The molecule has 3 aromatic carbocycles. The molecule has 0 spiro atoms. The minimum Gasteiger partial charge on any atom is -0.420 e. The molecule has 0 aromatic heterocycles. The van der Waals surface area contributed by atoms with Crippen LogP contribution in [-0.4, -0.2) is 29.9 Å². The third-order valence-electron chi connectivity index (χ3n) is 5.33. The minimum absolute atomic E-state index is 0.164. The molecular weight excluding hydrogens is 398 g/mol. The minimum atomic E-state index is -0.164. The number of aliphatic imine (C=N–C) groups is 1. The fraction of sp³-hybridized carbons (Fsp3) is 0.185. The van der Waals surface area contributed by atoms with Gasteiger partial charge < -0.3 is 9.64 Å². The van der Waals surface area contributed by atoms with Gasteiger partial charge in [-0.2, -0.15) is 0 Å². The van der Waals surface area contributed by atoms with Crippen molar-refractivity contribution in [2.24, 2.45) is 4.99 Å². The number of nitrogens with zero attached hydrogens (tertiary/aromatic N) is 3. The number of benzene rings is 3. The molecule has 0 radical (unpaired) electrons. The van der Waals surface area contributed by atoms with Crippen molar-refractivity contribution in [2.75, 3.05) is 18.0 Å². The number of amidine groups is 1. The number of carbonyl (C=O) groups is 1. The van der Waals surface area contributed by atoms with E-state index < -0.39 is 0 Å². The van der Waals surface area contributed by atoms with Crippen molar-refractivity contribution in [2.45, 2.75) is 20.4 Å². The Kier molecular flexibility index (Phi) is 6.66. The summed E-state index contributed by atoms with van der Waals surface area (Å²) in [6.07, 6.45) is 1.78. The highest BCUT2D eigenvalue weighted by molar-refractivity contribution is 6.11. The van der Waals surface area contributed by atoms with E-state index in [2.05, 4.69) is 41.1 Å². The summed E-state index contributed by atoms with van der Waals surface area (Å²) in [5, 5.41) is 0. The highest BCUT2D eigenvalue weighted by atomic mass is 16.5. The first kappa shape index (κ1) is 21.4. The van der Waals surface area contributed by atoms with Gasteiger partial charge in [0.2, 0.25) is 0 Å². The number of carbonyl (C=O) groups excluding carboxylic acids is 1. The van der Waals surface area contributed by atoms with Crippen molar-refractivity contribution in [1.82, 2.24) is 4.90 Å². The van der Waals surface area contributed by atoms with Gasteiger partial charge in [-0.25, -0.2) is 4.99 Å². The SMILES string of the molecule is CCN1C(=O)C(=Cc2ccc(N(CC)c3ccccc3)cc2)OC1=NCc1ccccc1. The molecule has 1 heterocycles. The maximum absolute atomic E-state index is 12.8. The Labute approximate surface area is 189 Å². The Morgan fingerprint density at radius 3 is 2.12 bits per heavy atom. The van der Waals surface area contributed by atoms with Crippen molar-refractivity contribution in [3.8, 4) is 0 Å². The Morgan fingerprint density at radius 2 is 1.50 bits per heavy atom. The van der Waals surface area contributed by atoms with Crippen LogP contribution in [0.3, 0.4) is 0 Å². The maximum Gasteiger partial charge on any atom is 0.300 e. The highest BCUT2D eigenvalue weighted by Crippen LogP contribution is 2.26. The number of ether oxygens (including phenoxy) is 1. The zero-order chi connectivity index (χ0) is 22.3. The molecule has 162 valence electrons. The summed E-state index contributed by atoms with van der Waals surface area (Å²) in [7, 11) is 0. The molecule has 1 aliphatic rings. The van der Waals surface area contributed by atoms with Crippen LogP contribution in [0.1, 0.15) is 25.0 Å². The largest absolute Gasteiger partial charge is 0.420 e. The van der Waals surface area contributed by atoms with Crippen LogP contribution in [0.15, 0.2) is 95.7 Å². The van der Waals surface area contributed by atoms with E-state index in [0.29, 0.717) is 24.9 Å². The van der Waals surface area contributed by atoms with Gasteiger partial charge >= 0.3 is 6.02 Å². The molecule has 0 aliphatic carbocycles. The molecule has 5 nitrogen and oxygen atoms in total. The lowest BCUT2D eigenvalue weighted by atomic mass is 10.1. The molecule has 1 amide bonds. The van der Waals surface area contributed by atoms with Gasteiger partial charge in [-0.05, 0) is 55.3 Å². The molecule has 1 aliphatic heterocycles. The Balaban J connectivity index is 1.52. The molecule has 1 fully saturated rings. The molecule has 0 unspecified atom stereocenters. The van der Waals surface area contributed by atoms with E-state index in [4.69, 9.17) is 4.74 Å². The first-order valence-electron chi connectivity index (χ1n) is 10.9. The van der Waals surface area contributed by atoms with Crippen molar-refractivity contribution < 1.29 is 9.53 Å². The average Bonchev–Trinajstić information content (AvgIpc) is 3.14. The third kappa shape index (κ3) is 4.72. The van der Waals surface area contributed by atoms with Crippen LogP contribution in [0.25, 0.3) is 6.08 Å². The molecule has 32 heavy (non-hydrogen) atoms. The lowest BCUT2D eigenvalue weighted by Gasteiger charge is -2.23. The lowest BCUT2D eigenvalue weighted by Crippen LogP contribution is -2.29. The molecule has 0 bridgehead atoms. The van der Waals surface area contributed by atoms with Crippen LogP contribution in [0.2, 0.25) is 0 Å². The van der Waals surface area contributed by atoms with Crippen LogP contribution in [-0.2, 0) is 16.1 Å². The van der Waals surface area contributed by atoms with Gasteiger partial charge in [0, 0.05) is 24.5 Å². The van der Waals surface area contributed by atoms with Crippen LogP contribution in [0, 0.1) is 0 Å². The summed E-state index contributed by atoms with van der Waals surface area (Å²) in [4.78, 5) is 21.1. The van der Waals surface area contributed by atoms with Crippen LogP contribution in [0.5, 0.6) is 0 Å². The summed E-state index contributed by atoms with van der Waals surface area (Å²) < 4.78 is 5.85. The van der Waals surface area contributed by atoms with Gasteiger partial charge in [0.05, 0.1) is 6.54 Å². The van der Waals surface area contributed by atoms with Crippen LogP contribution < -0.4 is 4.90 Å². The Morgan fingerprint density at radius 1 is 0.875 bits per heavy atom. The maximum atomic E-state index is 12.8. The topological polar surface area (TPSA) is 45.1 Å². The molecule has 4 rings (SSSR count). The molecule has 0 atom stereocenters. The monoisotopic (exact) mass is 425 g/mol. The van der Waals surface area contributed by atoms with Crippen molar-refractivity contribution >= 4 is 29.4 Å². The predicted octanol–water partition coefficient (Wildman–Crippen LogP) is 5.62. The first-order chi connectivity index (χ1) is 15.7.